The summed E-state index contributed by atoms with van der Waals surface area (Å²) in [4.78, 5) is 12.0. The van der Waals surface area contributed by atoms with Gasteiger partial charge in [-0.3, -0.25) is 4.79 Å². The van der Waals surface area contributed by atoms with E-state index in [2.05, 4.69) is 19.2 Å². The predicted molar refractivity (Wildman–Crippen MR) is 63.1 cm³/mol. The molecule has 1 aliphatic carbocycles. The van der Waals surface area contributed by atoms with Gasteiger partial charge in [0, 0.05) is 25.2 Å². The highest BCUT2D eigenvalue weighted by Crippen LogP contribution is 2.37. The van der Waals surface area contributed by atoms with E-state index in [4.69, 9.17) is 4.74 Å². The van der Waals surface area contributed by atoms with Crippen LogP contribution in [-0.2, 0) is 9.53 Å². The number of ether oxygens (including phenoxy) is 1. The predicted octanol–water partition coefficient (Wildman–Crippen LogP) is 2.11. The molecular formula is C13H23NO2. The van der Waals surface area contributed by atoms with Crippen molar-refractivity contribution in [2.24, 2.45) is 11.3 Å². The molecule has 0 radical (unpaired) electrons. The third kappa shape index (κ3) is 2.97. The number of carbonyl (C=O) groups excluding carboxylic acids is 1. The van der Waals surface area contributed by atoms with Crippen LogP contribution >= 0.6 is 0 Å². The summed E-state index contributed by atoms with van der Waals surface area (Å²) in [6, 6.07) is 0.408. The van der Waals surface area contributed by atoms with Gasteiger partial charge in [-0.05, 0) is 37.5 Å². The summed E-state index contributed by atoms with van der Waals surface area (Å²) >= 11 is 0. The Balaban J connectivity index is 1.79. The zero-order valence-electron chi connectivity index (χ0n) is 10.4. The van der Waals surface area contributed by atoms with E-state index in [1.54, 1.807) is 0 Å². The quantitative estimate of drug-likeness (QED) is 0.781. The molecule has 1 aliphatic heterocycles. The first-order valence-corrected chi connectivity index (χ1v) is 6.45. The van der Waals surface area contributed by atoms with Gasteiger partial charge in [0.05, 0.1) is 0 Å². The molecule has 1 N–H and O–H groups in total. The molecule has 92 valence electrons. The standard InChI is InChI=1S/C13H23NO2/c1-13(2)6-3-11(9-13)14-12(15)10-4-7-16-8-5-10/h10-11H,3-9H2,1-2H3,(H,14,15). The molecule has 1 saturated heterocycles. The number of hydrogen-bond acceptors (Lipinski definition) is 2. The first-order valence-electron chi connectivity index (χ1n) is 6.45. The molecule has 0 aromatic heterocycles. The van der Waals surface area contributed by atoms with E-state index >= 15 is 0 Å². The van der Waals surface area contributed by atoms with Gasteiger partial charge in [-0.1, -0.05) is 13.8 Å². The smallest absolute Gasteiger partial charge is 0.223 e. The highest BCUT2D eigenvalue weighted by atomic mass is 16.5. The van der Waals surface area contributed by atoms with Gasteiger partial charge in [0.15, 0.2) is 0 Å². The number of carbonyl (C=O) groups is 1. The zero-order chi connectivity index (χ0) is 11.6. The van der Waals surface area contributed by atoms with Crippen LogP contribution in [0.15, 0.2) is 0 Å². The maximum Gasteiger partial charge on any atom is 0.223 e. The Morgan fingerprint density at radius 1 is 1.25 bits per heavy atom. The maximum atomic E-state index is 12.0. The fraction of sp³-hybridized carbons (Fsp3) is 0.923. The second-order valence-corrected chi connectivity index (χ2v) is 6.00. The highest BCUT2D eigenvalue weighted by Gasteiger charge is 2.33. The fourth-order valence-corrected chi connectivity index (χ4v) is 2.84. The molecule has 2 aliphatic rings. The van der Waals surface area contributed by atoms with Gasteiger partial charge in [-0.15, -0.1) is 0 Å². The van der Waals surface area contributed by atoms with Crippen LogP contribution < -0.4 is 5.32 Å². The Morgan fingerprint density at radius 3 is 2.50 bits per heavy atom. The van der Waals surface area contributed by atoms with Crippen LogP contribution in [0, 0.1) is 11.3 Å². The van der Waals surface area contributed by atoms with E-state index in [0.29, 0.717) is 11.5 Å². The maximum absolute atomic E-state index is 12.0. The van der Waals surface area contributed by atoms with E-state index in [-0.39, 0.29) is 11.8 Å². The molecule has 1 amide bonds. The SMILES string of the molecule is CC1(C)CCC(NC(=O)C2CCOCC2)C1. The van der Waals surface area contributed by atoms with Crippen molar-refractivity contribution in [2.45, 2.75) is 52.0 Å². The number of amides is 1. The minimum Gasteiger partial charge on any atom is -0.381 e. The van der Waals surface area contributed by atoms with Crippen LogP contribution in [0.1, 0.15) is 46.0 Å². The monoisotopic (exact) mass is 225 g/mol. The number of rotatable bonds is 2. The van der Waals surface area contributed by atoms with E-state index in [1.165, 1.54) is 6.42 Å². The number of nitrogens with one attached hydrogen (secondary N) is 1. The molecule has 0 aromatic rings. The highest BCUT2D eigenvalue weighted by molar-refractivity contribution is 5.79. The topological polar surface area (TPSA) is 38.3 Å². The lowest BCUT2D eigenvalue weighted by Crippen LogP contribution is -2.39. The number of hydrogen-bond donors (Lipinski definition) is 1. The van der Waals surface area contributed by atoms with Crippen molar-refractivity contribution >= 4 is 5.91 Å². The lowest BCUT2D eigenvalue weighted by molar-refractivity contribution is -0.128. The minimum absolute atomic E-state index is 0.192. The first-order chi connectivity index (χ1) is 7.57. The molecular weight excluding hydrogens is 202 g/mol. The Labute approximate surface area is 97.9 Å². The Morgan fingerprint density at radius 2 is 1.94 bits per heavy atom. The van der Waals surface area contributed by atoms with Crippen molar-refractivity contribution in [1.29, 1.82) is 0 Å². The molecule has 1 unspecified atom stereocenters. The van der Waals surface area contributed by atoms with Crippen molar-refractivity contribution in [2.75, 3.05) is 13.2 Å². The van der Waals surface area contributed by atoms with E-state index in [1.807, 2.05) is 0 Å². The summed E-state index contributed by atoms with van der Waals surface area (Å²) in [5.41, 5.74) is 0.410. The van der Waals surface area contributed by atoms with Crippen LogP contribution in [0.25, 0.3) is 0 Å². The third-order valence-corrected chi connectivity index (χ3v) is 3.91. The molecule has 3 heteroatoms. The molecule has 0 aromatic carbocycles. The molecule has 1 atom stereocenters. The summed E-state index contributed by atoms with van der Waals surface area (Å²) in [5, 5.41) is 3.21. The van der Waals surface area contributed by atoms with Crippen molar-refractivity contribution in [3.63, 3.8) is 0 Å². The van der Waals surface area contributed by atoms with E-state index in [0.717, 1.165) is 38.9 Å². The van der Waals surface area contributed by atoms with E-state index < -0.39 is 0 Å². The van der Waals surface area contributed by atoms with Gasteiger partial charge in [0.2, 0.25) is 5.91 Å². The molecule has 0 bridgehead atoms. The van der Waals surface area contributed by atoms with Crippen molar-refractivity contribution in [1.82, 2.24) is 5.32 Å². The minimum atomic E-state index is 0.192. The van der Waals surface area contributed by atoms with Gasteiger partial charge < -0.3 is 10.1 Å². The van der Waals surface area contributed by atoms with Crippen LogP contribution in [0.5, 0.6) is 0 Å². The van der Waals surface area contributed by atoms with Crippen molar-refractivity contribution < 1.29 is 9.53 Å². The second kappa shape index (κ2) is 4.74. The van der Waals surface area contributed by atoms with Crippen LogP contribution in [0.4, 0.5) is 0 Å². The van der Waals surface area contributed by atoms with Gasteiger partial charge >= 0.3 is 0 Å². The Kier molecular flexibility index (Phi) is 3.53. The molecule has 1 saturated carbocycles. The van der Waals surface area contributed by atoms with Gasteiger partial charge in [0.25, 0.3) is 0 Å². The van der Waals surface area contributed by atoms with E-state index in [9.17, 15) is 4.79 Å². The van der Waals surface area contributed by atoms with Crippen LogP contribution in [0.3, 0.4) is 0 Å². The molecule has 3 nitrogen and oxygen atoms in total. The van der Waals surface area contributed by atoms with Crippen LogP contribution in [-0.4, -0.2) is 25.2 Å². The Bertz CT molecular complexity index is 257. The summed E-state index contributed by atoms with van der Waals surface area (Å²) < 4.78 is 5.27. The van der Waals surface area contributed by atoms with Gasteiger partial charge in [-0.2, -0.15) is 0 Å². The molecule has 0 spiro atoms. The summed E-state index contributed by atoms with van der Waals surface area (Å²) in [6.45, 7) is 6.06. The molecule has 2 fully saturated rings. The van der Waals surface area contributed by atoms with Gasteiger partial charge in [-0.25, -0.2) is 0 Å². The summed E-state index contributed by atoms with van der Waals surface area (Å²) in [6.07, 6.45) is 5.28. The average Bonchev–Trinajstić information content (AvgIpc) is 2.59. The Hall–Kier alpha value is -0.570. The molecule has 2 rings (SSSR count). The van der Waals surface area contributed by atoms with Crippen molar-refractivity contribution in [3.05, 3.63) is 0 Å². The third-order valence-electron chi connectivity index (χ3n) is 3.91. The molecule has 16 heavy (non-hydrogen) atoms. The molecule has 1 heterocycles. The lowest BCUT2D eigenvalue weighted by Gasteiger charge is -2.24. The lowest BCUT2D eigenvalue weighted by atomic mass is 9.91. The first kappa shape index (κ1) is 11.9. The fourth-order valence-electron chi connectivity index (χ4n) is 2.84. The average molecular weight is 225 g/mol. The summed E-state index contributed by atoms with van der Waals surface area (Å²) in [5.74, 6) is 0.448. The van der Waals surface area contributed by atoms with Gasteiger partial charge in [0.1, 0.15) is 0 Å². The van der Waals surface area contributed by atoms with Crippen LogP contribution in [0.2, 0.25) is 0 Å². The normalized spacial score (nSPS) is 30.2. The summed E-state index contributed by atoms with van der Waals surface area (Å²) in [7, 11) is 0. The van der Waals surface area contributed by atoms with Crippen molar-refractivity contribution in [3.8, 4) is 0 Å². The second-order valence-electron chi connectivity index (χ2n) is 6.00. The largest absolute Gasteiger partial charge is 0.381 e. The zero-order valence-corrected chi connectivity index (χ0v) is 10.4.